The minimum atomic E-state index is 0.601. The Hall–Kier alpha value is -1.38. The van der Waals surface area contributed by atoms with Crippen LogP contribution in [0.1, 0.15) is 32.6 Å². The Morgan fingerprint density at radius 3 is 2.88 bits per heavy atom. The summed E-state index contributed by atoms with van der Waals surface area (Å²) in [6.07, 6.45) is 4.82. The SMILES string of the molecule is CCCOc1cccc(NC2CCC2)c1N. The van der Waals surface area contributed by atoms with Crippen LogP contribution in [0.25, 0.3) is 0 Å². The predicted molar refractivity (Wildman–Crippen MR) is 67.9 cm³/mol. The maximum absolute atomic E-state index is 6.06. The molecule has 16 heavy (non-hydrogen) atoms. The van der Waals surface area contributed by atoms with E-state index in [2.05, 4.69) is 12.2 Å². The Bertz CT molecular complexity index is 348. The lowest BCUT2D eigenvalue weighted by molar-refractivity contribution is 0.319. The average molecular weight is 220 g/mol. The van der Waals surface area contributed by atoms with E-state index >= 15 is 0 Å². The number of hydrogen-bond donors (Lipinski definition) is 2. The summed E-state index contributed by atoms with van der Waals surface area (Å²) in [4.78, 5) is 0. The Morgan fingerprint density at radius 1 is 1.44 bits per heavy atom. The molecular formula is C13H20N2O. The van der Waals surface area contributed by atoms with Gasteiger partial charge in [-0.2, -0.15) is 0 Å². The zero-order chi connectivity index (χ0) is 11.4. The zero-order valence-electron chi connectivity index (χ0n) is 9.83. The molecule has 0 atom stereocenters. The number of anilines is 2. The summed E-state index contributed by atoms with van der Waals surface area (Å²) in [6.45, 7) is 2.81. The minimum absolute atomic E-state index is 0.601. The highest BCUT2D eigenvalue weighted by atomic mass is 16.5. The Labute approximate surface area is 97.0 Å². The molecule has 1 aromatic carbocycles. The first kappa shape index (κ1) is 11.1. The van der Waals surface area contributed by atoms with E-state index in [1.807, 2.05) is 18.2 Å². The van der Waals surface area contributed by atoms with E-state index in [4.69, 9.17) is 10.5 Å². The molecule has 88 valence electrons. The van der Waals surface area contributed by atoms with Crippen LogP contribution in [0, 0.1) is 0 Å². The van der Waals surface area contributed by atoms with Gasteiger partial charge in [0.1, 0.15) is 5.75 Å². The molecule has 2 rings (SSSR count). The predicted octanol–water partition coefficient (Wildman–Crippen LogP) is 3.02. The van der Waals surface area contributed by atoms with Crippen LogP contribution in [0.5, 0.6) is 5.75 Å². The van der Waals surface area contributed by atoms with Crippen LogP contribution < -0.4 is 15.8 Å². The fraction of sp³-hybridized carbons (Fsp3) is 0.538. The number of ether oxygens (including phenoxy) is 1. The molecule has 3 nitrogen and oxygen atoms in total. The second-order valence-corrected chi connectivity index (χ2v) is 4.34. The Balaban J connectivity index is 2.05. The van der Waals surface area contributed by atoms with Gasteiger partial charge < -0.3 is 15.8 Å². The van der Waals surface area contributed by atoms with Crippen molar-refractivity contribution in [3.8, 4) is 5.75 Å². The summed E-state index contributed by atoms with van der Waals surface area (Å²) in [6, 6.07) is 6.54. The summed E-state index contributed by atoms with van der Waals surface area (Å²) >= 11 is 0. The molecule has 3 N–H and O–H groups in total. The maximum atomic E-state index is 6.06. The summed E-state index contributed by atoms with van der Waals surface area (Å²) in [5.74, 6) is 0.797. The number of rotatable bonds is 5. The van der Waals surface area contributed by atoms with Crippen LogP contribution >= 0.6 is 0 Å². The maximum Gasteiger partial charge on any atom is 0.144 e. The van der Waals surface area contributed by atoms with Crippen molar-refractivity contribution in [1.82, 2.24) is 0 Å². The van der Waals surface area contributed by atoms with Crippen molar-refractivity contribution in [3.05, 3.63) is 18.2 Å². The molecule has 0 aliphatic heterocycles. The smallest absolute Gasteiger partial charge is 0.144 e. The van der Waals surface area contributed by atoms with Gasteiger partial charge in [0, 0.05) is 6.04 Å². The Morgan fingerprint density at radius 2 is 2.25 bits per heavy atom. The Kier molecular flexibility index (Phi) is 3.54. The van der Waals surface area contributed by atoms with Crippen LogP contribution in [-0.4, -0.2) is 12.6 Å². The molecule has 1 fully saturated rings. The number of nitrogens with one attached hydrogen (secondary N) is 1. The second kappa shape index (κ2) is 5.10. The largest absolute Gasteiger partial charge is 0.491 e. The summed E-state index contributed by atoms with van der Waals surface area (Å²) in [7, 11) is 0. The van der Waals surface area contributed by atoms with Gasteiger partial charge in [0.15, 0.2) is 0 Å². The van der Waals surface area contributed by atoms with Crippen LogP contribution in [0.4, 0.5) is 11.4 Å². The second-order valence-electron chi connectivity index (χ2n) is 4.34. The van der Waals surface area contributed by atoms with Crippen LogP contribution in [0.2, 0.25) is 0 Å². The highest BCUT2D eigenvalue weighted by Gasteiger charge is 2.18. The van der Waals surface area contributed by atoms with E-state index in [0.717, 1.165) is 30.2 Å². The van der Waals surface area contributed by atoms with Gasteiger partial charge in [-0.1, -0.05) is 13.0 Å². The molecule has 1 aliphatic carbocycles. The number of benzene rings is 1. The molecule has 3 heteroatoms. The quantitative estimate of drug-likeness (QED) is 0.750. The average Bonchev–Trinajstić information content (AvgIpc) is 2.23. The van der Waals surface area contributed by atoms with E-state index in [1.54, 1.807) is 0 Å². The van der Waals surface area contributed by atoms with Crippen LogP contribution in [-0.2, 0) is 0 Å². The van der Waals surface area contributed by atoms with E-state index in [-0.39, 0.29) is 0 Å². The topological polar surface area (TPSA) is 47.3 Å². The van der Waals surface area contributed by atoms with Crippen molar-refractivity contribution in [2.75, 3.05) is 17.7 Å². The zero-order valence-corrected chi connectivity index (χ0v) is 9.83. The number of nitrogen functional groups attached to an aromatic ring is 1. The van der Waals surface area contributed by atoms with E-state index in [1.165, 1.54) is 19.3 Å². The molecule has 0 saturated heterocycles. The molecule has 0 heterocycles. The van der Waals surface area contributed by atoms with Gasteiger partial charge in [-0.05, 0) is 37.8 Å². The minimum Gasteiger partial charge on any atom is -0.491 e. The summed E-state index contributed by atoms with van der Waals surface area (Å²) in [5.41, 5.74) is 7.81. The highest BCUT2D eigenvalue weighted by molar-refractivity contribution is 5.73. The number of para-hydroxylation sites is 1. The van der Waals surface area contributed by atoms with Gasteiger partial charge in [0.05, 0.1) is 18.0 Å². The van der Waals surface area contributed by atoms with Crippen molar-refractivity contribution in [2.24, 2.45) is 0 Å². The van der Waals surface area contributed by atoms with Crippen molar-refractivity contribution in [1.29, 1.82) is 0 Å². The standard InChI is InChI=1S/C13H20N2O/c1-2-9-16-12-8-4-7-11(13(12)14)15-10-5-3-6-10/h4,7-8,10,15H,2-3,5-6,9,14H2,1H3. The van der Waals surface area contributed by atoms with Crippen molar-refractivity contribution >= 4 is 11.4 Å². The van der Waals surface area contributed by atoms with Crippen molar-refractivity contribution < 1.29 is 4.74 Å². The lowest BCUT2D eigenvalue weighted by Gasteiger charge is -2.28. The first-order chi connectivity index (χ1) is 7.81. The monoisotopic (exact) mass is 220 g/mol. The van der Waals surface area contributed by atoms with Gasteiger partial charge in [-0.15, -0.1) is 0 Å². The van der Waals surface area contributed by atoms with Gasteiger partial charge in [0.2, 0.25) is 0 Å². The normalized spacial score (nSPS) is 15.6. The number of nitrogens with two attached hydrogens (primary N) is 1. The van der Waals surface area contributed by atoms with Gasteiger partial charge in [0.25, 0.3) is 0 Å². The van der Waals surface area contributed by atoms with E-state index < -0.39 is 0 Å². The van der Waals surface area contributed by atoms with Gasteiger partial charge in [-0.3, -0.25) is 0 Å². The van der Waals surface area contributed by atoms with Gasteiger partial charge >= 0.3 is 0 Å². The molecule has 0 aromatic heterocycles. The molecule has 0 spiro atoms. The molecule has 1 saturated carbocycles. The lowest BCUT2D eigenvalue weighted by Crippen LogP contribution is -2.27. The lowest BCUT2D eigenvalue weighted by atomic mass is 9.93. The fourth-order valence-electron chi connectivity index (χ4n) is 1.78. The summed E-state index contributed by atoms with van der Waals surface area (Å²) in [5, 5.41) is 3.46. The third kappa shape index (κ3) is 2.40. The summed E-state index contributed by atoms with van der Waals surface area (Å²) < 4.78 is 5.59. The fourth-order valence-corrected chi connectivity index (χ4v) is 1.78. The van der Waals surface area contributed by atoms with E-state index in [9.17, 15) is 0 Å². The van der Waals surface area contributed by atoms with Crippen LogP contribution in [0.3, 0.4) is 0 Å². The first-order valence-corrected chi connectivity index (χ1v) is 6.09. The molecule has 0 bridgehead atoms. The molecule has 0 radical (unpaired) electrons. The van der Waals surface area contributed by atoms with Crippen molar-refractivity contribution in [3.63, 3.8) is 0 Å². The third-order valence-electron chi connectivity index (χ3n) is 2.99. The highest BCUT2D eigenvalue weighted by Crippen LogP contribution is 2.32. The molecule has 0 amide bonds. The molecule has 1 aliphatic rings. The van der Waals surface area contributed by atoms with E-state index in [0.29, 0.717) is 6.04 Å². The van der Waals surface area contributed by atoms with Crippen LogP contribution in [0.15, 0.2) is 18.2 Å². The molecular weight excluding hydrogens is 200 g/mol. The third-order valence-corrected chi connectivity index (χ3v) is 2.99. The number of hydrogen-bond acceptors (Lipinski definition) is 3. The molecule has 0 unspecified atom stereocenters. The van der Waals surface area contributed by atoms with Crippen molar-refractivity contribution in [2.45, 2.75) is 38.6 Å². The molecule has 1 aromatic rings. The van der Waals surface area contributed by atoms with Gasteiger partial charge in [-0.25, -0.2) is 0 Å². The first-order valence-electron chi connectivity index (χ1n) is 6.09.